The zero-order chi connectivity index (χ0) is 15.4. The molecule has 3 rings (SSSR count). The number of nitrogens with one attached hydrogen (secondary N) is 2. The van der Waals surface area contributed by atoms with Crippen LogP contribution in [-0.4, -0.2) is 50.7 Å². The molecule has 2 heterocycles. The van der Waals surface area contributed by atoms with E-state index in [0.717, 1.165) is 0 Å². The molecule has 0 saturated carbocycles. The second-order valence-electron chi connectivity index (χ2n) is 4.91. The molecule has 22 heavy (non-hydrogen) atoms. The minimum absolute atomic E-state index is 0.270. The van der Waals surface area contributed by atoms with Gasteiger partial charge in [-0.05, 0) is 24.3 Å². The molecule has 2 fully saturated rings. The first-order valence-electron chi connectivity index (χ1n) is 6.93. The summed E-state index contributed by atoms with van der Waals surface area (Å²) in [6, 6.07) is 7.05. The van der Waals surface area contributed by atoms with Gasteiger partial charge in [0, 0.05) is 0 Å². The Hall–Kier alpha value is -2.64. The Morgan fingerprint density at radius 1 is 0.864 bits per heavy atom. The third-order valence-corrected chi connectivity index (χ3v) is 3.19. The number of cyclic esters (lactones) is 2. The number of carbonyl (C=O) groups is 2. The van der Waals surface area contributed by atoms with E-state index >= 15 is 0 Å². The lowest BCUT2D eigenvalue weighted by atomic mass is 10.3. The van der Waals surface area contributed by atoms with E-state index < -0.39 is 12.2 Å². The van der Waals surface area contributed by atoms with Gasteiger partial charge in [-0.1, -0.05) is 0 Å². The number of hydrogen-bond donors (Lipinski definition) is 2. The number of hydrogen-bond acceptors (Lipinski definition) is 6. The van der Waals surface area contributed by atoms with Crippen LogP contribution < -0.4 is 20.1 Å². The molecule has 2 amide bonds. The molecule has 0 radical (unpaired) electrons. The molecular weight excluding hydrogens is 292 g/mol. The van der Waals surface area contributed by atoms with E-state index in [1.54, 1.807) is 24.3 Å². The zero-order valence-electron chi connectivity index (χ0n) is 11.7. The third kappa shape index (κ3) is 3.72. The van der Waals surface area contributed by atoms with Crippen molar-refractivity contribution in [2.75, 3.05) is 26.3 Å². The van der Waals surface area contributed by atoms with Gasteiger partial charge in [-0.25, -0.2) is 9.59 Å². The molecule has 2 aliphatic rings. The number of alkyl carbamates (subject to hydrolysis) is 2. The van der Waals surface area contributed by atoms with Gasteiger partial charge in [0.2, 0.25) is 0 Å². The smallest absolute Gasteiger partial charge is 0.407 e. The summed E-state index contributed by atoms with van der Waals surface area (Å²) in [7, 11) is 0. The fourth-order valence-electron chi connectivity index (χ4n) is 2.06. The van der Waals surface area contributed by atoms with Gasteiger partial charge in [0.25, 0.3) is 0 Å². The second kappa shape index (κ2) is 6.42. The first kappa shape index (κ1) is 14.3. The van der Waals surface area contributed by atoms with Gasteiger partial charge in [-0.3, -0.25) is 0 Å². The van der Waals surface area contributed by atoms with E-state index in [1.807, 2.05) is 0 Å². The Balaban J connectivity index is 1.42. The molecule has 0 spiro atoms. The standard InChI is InChI=1S/C14H16N2O6/c17-13-15-5-11(21-13)7-19-9-1-2-10(4-3-9)20-8-12-6-16-14(18)22-12/h1-4,11-12H,5-8H2,(H,15,17)(H,16,18)/t11-,12-/m1/s1. The largest absolute Gasteiger partial charge is 0.490 e. The summed E-state index contributed by atoms with van der Waals surface area (Å²) in [6.45, 7) is 1.49. The lowest BCUT2D eigenvalue weighted by Gasteiger charge is -2.12. The molecule has 2 saturated heterocycles. The van der Waals surface area contributed by atoms with E-state index in [4.69, 9.17) is 18.9 Å². The van der Waals surface area contributed by atoms with Crippen LogP contribution in [0.5, 0.6) is 11.5 Å². The van der Waals surface area contributed by atoms with E-state index in [0.29, 0.717) is 37.8 Å². The highest BCUT2D eigenvalue weighted by Crippen LogP contribution is 2.18. The van der Waals surface area contributed by atoms with Gasteiger partial charge in [0.15, 0.2) is 12.2 Å². The van der Waals surface area contributed by atoms with Gasteiger partial charge in [0.1, 0.15) is 24.7 Å². The van der Waals surface area contributed by atoms with Crippen molar-refractivity contribution in [3.05, 3.63) is 24.3 Å². The highest BCUT2D eigenvalue weighted by Gasteiger charge is 2.23. The van der Waals surface area contributed by atoms with Gasteiger partial charge in [-0.2, -0.15) is 0 Å². The fourth-order valence-corrected chi connectivity index (χ4v) is 2.06. The first-order valence-corrected chi connectivity index (χ1v) is 6.93. The van der Waals surface area contributed by atoms with Crippen LogP contribution in [0.1, 0.15) is 0 Å². The molecule has 8 heteroatoms. The second-order valence-corrected chi connectivity index (χ2v) is 4.91. The van der Waals surface area contributed by atoms with E-state index in [2.05, 4.69) is 10.6 Å². The maximum atomic E-state index is 10.9. The zero-order valence-corrected chi connectivity index (χ0v) is 11.7. The fraction of sp³-hybridized carbons (Fsp3) is 0.429. The SMILES string of the molecule is O=C1NC[C@H](COc2ccc(OC[C@H]3CNC(=O)O3)cc2)O1. The van der Waals surface area contributed by atoms with Crippen molar-refractivity contribution in [3.63, 3.8) is 0 Å². The van der Waals surface area contributed by atoms with Crippen molar-refractivity contribution in [3.8, 4) is 11.5 Å². The highest BCUT2D eigenvalue weighted by molar-refractivity contribution is 5.69. The molecule has 2 N–H and O–H groups in total. The monoisotopic (exact) mass is 308 g/mol. The third-order valence-electron chi connectivity index (χ3n) is 3.19. The molecule has 2 aliphatic heterocycles. The minimum Gasteiger partial charge on any atom is -0.490 e. The number of rotatable bonds is 6. The van der Waals surface area contributed by atoms with Crippen molar-refractivity contribution in [1.29, 1.82) is 0 Å². The number of amides is 2. The Kier molecular flexibility index (Phi) is 4.17. The van der Waals surface area contributed by atoms with Crippen LogP contribution in [0.4, 0.5) is 9.59 Å². The average molecular weight is 308 g/mol. The van der Waals surface area contributed by atoms with Gasteiger partial charge < -0.3 is 29.6 Å². The molecule has 1 aromatic rings. The van der Waals surface area contributed by atoms with Crippen molar-refractivity contribution in [2.24, 2.45) is 0 Å². The van der Waals surface area contributed by atoms with Gasteiger partial charge in [0.05, 0.1) is 13.1 Å². The van der Waals surface area contributed by atoms with Gasteiger partial charge in [-0.15, -0.1) is 0 Å². The molecule has 0 aliphatic carbocycles. The highest BCUT2D eigenvalue weighted by atomic mass is 16.6. The molecule has 0 bridgehead atoms. The van der Waals surface area contributed by atoms with Crippen LogP contribution in [0, 0.1) is 0 Å². The van der Waals surface area contributed by atoms with Gasteiger partial charge >= 0.3 is 12.2 Å². The summed E-state index contributed by atoms with van der Waals surface area (Å²) in [5, 5.41) is 5.12. The number of ether oxygens (including phenoxy) is 4. The van der Waals surface area contributed by atoms with Crippen molar-refractivity contribution >= 4 is 12.2 Å². The molecule has 2 atom stereocenters. The summed E-state index contributed by atoms with van der Waals surface area (Å²) in [5.74, 6) is 1.31. The summed E-state index contributed by atoms with van der Waals surface area (Å²) in [5.41, 5.74) is 0. The predicted octanol–water partition coefficient (Wildman–Crippen LogP) is 0.661. The Labute approximate surface area is 126 Å². The van der Waals surface area contributed by atoms with E-state index in [9.17, 15) is 9.59 Å². The average Bonchev–Trinajstić information content (AvgIpc) is 3.12. The lowest BCUT2D eigenvalue weighted by molar-refractivity contribution is 0.103. The quantitative estimate of drug-likeness (QED) is 0.801. The van der Waals surface area contributed by atoms with Crippen molar-refractivity contribution in [2.45, 2.75) is 12.2 Å². The number of carbonyl (C=O) groups excluding carboxylic acids is 2. The predicted molar refractivity (Wildman–Crippen MR) is 74.0 cm³/mol. The molecule has 118 valence electrons. The minimum atomic E-state index is -0.417. The van der Waals surface area contributed by atoms with Crippen LogP contribution in [0.3, 0.4) is 0 Å². The Bertz CT molecular complexity index is 498. The summed E-state index contributed by atoms with van der Waals surface area (Å²) in [4.78, 5) is 21.7. The lowest BCUT2D eigenvalue weighted by Crippen LogP contribution is -2.22. The Morgan fingerprint density at radius 3 is 1.59 bits per heavy atom. The molecule has 0 unspecified atom stereocenters. The normalized spacial score (nSPS) is 23.3. The molecule has 0 aromatic heterocycles. The first-order chi connectivity index (χ1) is 10.7. The molecular formula is C14H16N2O6. The van der Waals surface area contributed by atoms with Crippen LogP contribution in [0.2, 0.25) is 0 Å². The Morgan fingerprint density at radius 2 is 1.27 bits per heavy atom. The maximum Gasteiger partial charge on any atom is 0.407 e. The summed E-state index contributed by atoms with van der Waals surface area (Å²) < 4.78 is 21.0. The summed E-state index contributed by atoms with van der Waals surface area (Å²) >= 11 is 0. The van der Waals surface area contributed by atoms with Crippen molar-refractivity contribution in [1.82, 2.24) is 10.6 Å². The van der Waals surface area contributed by atoms with Crippen LogP contribution in [0.25, 0.3) is 0 Å². The number of benzene rings is 1. The topological polar surface area (TPSA) is 95.1 Å². The summed E-state index contributed by atoms with van der Waals surface area (Å²) in [6.07, 6.45) is -1.38. The van der Waals surface area contributed by atoms with E-state index in [-0.39, 0.29) is 12.2 Å². The molecule has 1 aromatic carbocycles. The maximum absolute atomic E-state index is 10.9. The van der Waals surface area contributed by atoms with Crippen LogP contribution in [0.15, 0.2) is 24.3 Å². The van der Waals surface area contributed by atoms with Crippen LogP contribution in [-0.2, 0) is 9.47 Å². The van der Waals surface area contributed by atoms with Crippen molar-refractivity contribution < 1.29 is 28.5 Å². The molecule has 8 nitrogen and oxygen atoms in total. The van der Waals surface area contributed by atoms with E-state index in [1.165, 1.54) is 0 Å². The van der Waals surface area contributed by atoms with Crippen LogP contribution >= 0.6 is 0 Å².